The van der Waals surface area contributed by atoms with Crippen molar-refractivity contribution in [2.75, 3.05) is 11.1 Å². The normalized spacial score (nSPS) is 14.8. The number of H-pyrrole nitrogens is 1. The number of nitrogens with one attached hydrogen (secondary N) is 2. The monoisotopic (exact) mass is 418 g/mol. The molecule has 1 heterocycles. The third kappa shape index (κ3) is 5.26. The fourth-order valence-electron chi connectivity index (χ4n) is 2.89. The van der Waals surface area contributed by atoms with Gasteiger partial charge in [-0.1, -0.05) is 72.2 Å². The van der Waals surface area contributed by atoms with Gasteiger partial charge in [0.1, 0.15) is 5.82 Å². The number of halogens is 3. The molecule has 0 radical (unpaired) electrons. The van der Waals surface area contributed by atoms with Gasteiger partial charge in [-0.3, -0.25) is 9.89 Å². The van der Waals surface area contributed by atoms with Crippen LogP contribution in [0.3, 0.4) is 0 Å². The van der Waals surface area contributed by atoms with Crippen LogP contribution in [0.1, 0.15) is 31.5 Å². The lowest BCUT2D eigenvalue weighted by Crippen LogP contribution is -2.14. The van der Waals surface area contributed by atoms with E-state index in [1.54, 1.807) is 0 Å². The van der Waals surface area contributed by atoms with E-state index < -0.39 is 0 Å². The summed E-state index contributed by atoms with van der Waals surface area (Å²) in [6, 6.07) is 3.06. The van der Waals surface area contributed by atoms with Crippen LogP contribution in [0.25, 0.3) is 0 Å². The summed E-state index contributed by atoms with van der Waals surface area (Å²) in [6.07, 6.45) is 6.05. The van der Waals surface area contributed by atoms with E-state index in [4.69, 9.17) is 34.8 Å². The van der Waals surface area contributed by atoms with Gasteiger partial charge in [0.2, 0.25) is 11.1 Å². The maximum atomic E-state index is 12.1. The van der Waals surface area contributed by atoms with Crippen LogP contribution in [-0.2, 0) is 11.2 Å². The predicted octanol–water partition coefficient (Wildman–Crippen LogP) is 5.23. The van der Waals surface area contributed by atoms with E-state index in [1.807, 2.05) is 0 Å². The number of anilines is 1. The Morgan fingerprint density at radius 1 is 1.24 bits per heavy atom. The minimum absolute atomic E-state index is 0.163. The van der Waals surface area contributed by atoms with Gasteiger partial charge in [0.15, 0.2) is 0 Å². The Morgan fingerprint density at radius 2 is 1.92 bits per heavy atom. The third-order valence-electron chi connectivity index (χ3n) is 4.07. The SMILES string of the molecule is O=C(CSc1n[nH]c(CC2CCCC2)n1)Nc1c(Cl)cc(Cl)cc1Cl. The number of rotatable bonds is 6. The van der Waals surface area contributed by atoms with Crippen molar-refractivity contribution in [3.05, 3.63) is 33.0 Å². The van der Waals surface area contributed by atoms with Crippen molar-refractivity contribution < 1.29 is 4.79 Å². The molecule has 1 amide bonds. The van der Waals surface area contributed by atoms with Crippen LogP contribution < -0.4 is 5.32 Å². The van der Waals surface area contributed by atoms with E-state index in [0.29, 0.717) is 31.8 Å². The van der Waals surface area contributed by atoms with Crippen LogP contribution >= 0.6 is 46.6 Å². The summed E-state index contributed by atoms with van der Waals surface area (Å²) in [5.41, 5.74) is 0.357. The van der Waals surface area contributed by atoms with Crippen molar-refractivity contribution >= 4 is 58.2 Å². The summed E-state index contributed by atoms with van der Waals surface area (Å²) in [7, 11) is 0. The standard InChI is InChI=1S/C16H17Cl3N4OS/c17-10-6-11(18)15(12(19)7-10)21-14(24)8-25-16-20-13(22-23-16)5-9-3-1-2-4-9/h6-7,9H,1-5,8H2,(H,21,24)(H,20,22,23). The molecule has 5 nitrogen and oxygen atoms in total. The average molecular weight is 420 g/mol. The molecule has 0 spiro atoms. The Labute approximate surface area is 165 Å². The van der Waals surface area contributed by atoms with Crippen molar-refractivity contribution in [2.24, 2.45) is 5.92 Å². The third-order valence-corrected chi connectivity index (χ3v) is 5.73. The molecule has 1 saturated carbocycles. The molecule has 0 atom stereocenters. The number of carbonyl (C=O) groups excluding carboxylic acids is 1. The second-order valence-corrected chi connectivity index (χ2v) is 8.19. The zero-order chi connectivity index (χ0) is 17.8. The molecule has 0 saturated heterocycles. The van der Waals surface area contributed by atoms with Crippen LogP contribution in [0.5, 0.6) is 0 Å². The molecule has 1 fully saturated rings. The first-order valence-electron chi connectivity index (χ1n) is 7.99. The lowest BCUT2D eigenvalue weighted by Gasteiger charge is -2.09. The Balaban J connectivity index is 1.51. The van der Waals surface area contributed by atoms with Gasteiger partial charge in [0.05, 0.1) is 21.5 Å². The molecule has 25 heavy (non-hydrogen) atoms. The first-order valence-corrected chi connectivity index (χ1v) is 10.1. The summed E-state index contributed by atoms with van der Waals surface area (Å²) >= 11 is 19.2. The number of nitrogens with zero attached hydrogens (tertiary/aromatic N) is 2. The number of hydrogen-bond donors (Lipinski definition) is 2. The number of thioether (sulfide) groups is 1. The number of benzene rings is 1. The van der Waals surface area contributed by atoms with E-state index >= 15 is 0 Å². The fraction of sp³-hybridized carbons (Fsp3) is 0.438. The summed E-state index contributed by atoms with van der Waals surface area (Å²) in [4.78, 5) is 16.6. The van der Waals surface area contributed by atoms with Crippen LogP contribution in [0.2, 0.25) is 15.1 Å². The van der Waals surface area contributed by atoms with Crippen LogP contribution in [0.4, 0.5) is 5.69 Å². The molecular weight excluding hydrogens is 403 g/mol. The number of carbonyl (C=O) groups is 1. The van der Waals surface area contributed by atoms with E-state index in [2.05, 4.69) is 20.5 Å². The molecule has 0 bridgehead atoms. The predicted molar refractivity (Wildman–Crippen MR) is 103 cm³/mol. The zero-order valence-electron chi connectivity index (χ0n) is 13.3. The lowest BCUT2D eigenvalue weighted by atomic mass is 10.0. The summed E-state index contributed by atoms with van der Waals surface area (Å²) in [5, 5.41) is 11.4. The van der Waals surface area contributed by atoms with E-state index in [0.717, 1.165) is 12.2 Å². The number of aromatic nitrogens is 3. The first kappa shape index (κ1) is 18.8. The Bertz CT molecular complexity index is 739. The highest BCUT2D eigenvalue weighted by atomic mass is 35.5. The van der Waals surface area contributed by atoms with Gasteiger partial charge < -0.3 is 5.32 Å². The van der Waals surface area contributed by atoms with Crippen molar-refractivity contribution in [1.82, 2.24) is 15.2 Å². The quantitative estimate of drug-likeness (QED) is 0.629. The van der Waals surface area contributed by atoms with Crippen LogP contribution in [0, 0.1) is 5.92 Å². The van der Waals surface area contributed by atoms with Crippen molar-refractivity contribution in [1.29, 1.82) is 0 Å². The van der Waals surface area contributed by atoms with Gasteiger partial charge in [-0.2, -0.15) is 0 Å². The minimum atomic E-state index is -0.238. The molecule has 2 N–H and O–H groups in total. The van der Waals surface area contributed by atoms with Gasteiger partial charge >= 0.3 is 0 Å². The molecule has 1 aromatic heterocycles. The molecule has 1 aliphatic carbocycles. The Kier molecular flexibility index (Phi) is 6.49. The topological polar surface area (TPSA) is 70.7 Å². The van der Waals surface area contributed by atoms with Gasteiger partial charge in [0, 0.05) is 11.4 Å². The number of hydrogen-bond acceptors (Lipinski definition) is 4. The van der Waals surface area contributed by atoms with E-state index in [1.165, 1.54) is 49.6 Å². The van der Waals surface area contributed by atoms with E-state index in [-0.39, 0.29) is 11.7 Å². The molecule has 3 rings (SSSR count). The summed E-state index contributed by atoms with van der Waals surface area (Å²) in [5.74, 6) is 1.51. The average Bonchev–Trinajstić information content (AvgIpc) is 3.21. The van der Waals surface area contributed by atoms with Crippen LogP contribution in [-0.4, -0.2) is 26.8 Å². The second-order valence-electron chi connectivity index (χ2n) is 6.00. The van der Waals surface area contributed by atoms with Gasteiger partial charge in [-0.05, 0) is 18.1 Å². The highest BCUT2D eigenvalue weighted by Gasteiger charge is 2.18. The van der Waals surface area contributed by atoms with Gasteiger partial charge in [0.25, 0.3) is 0 Å². The van der Waals surface area contributed by atoms with Crippen molar-refractivity contribution in [2.45, 2.75) is 37.3 Å². The molecule has 0 aliphatic heterocycles. The van der Waals surface area contributed by atoms with Gasteiger partial charge in [-0.15, -0.1) is 5.10 Å². The molecule has 1 aliphatic rings. The zero-order valence-corrected chi connectivity index (χ0v) is 16.4. The molecule has 134 valence electrons. The van der Waals surface area contributed by atoms with E-state index in [9.17, 15) is 4.79 Å². The highest BCUT2D eigenvalue weighted by Crippen LogP contribution is 2.34. The van der Waals surface area contributed by atoms with Crippen molar-refractivity contribution in [3.63, 3.8) is 0 Å². The maximum Gasteiger partial charge on any atom is 0.234 e. The largest absolute Gasteiger partial charge is 0.323 e. The Hall–Kier alpha value is -0.950. The van der Waals surface area contributed by atoms with Gasteiger partial charge in [-0.25, -0.2) is 4.98 Å². The smallest absolute Gasteiger partial charge is 0.234 e. The molecule has 0 unspecified atom stereocenters. The minimum Gasteiger partial charge on any atom is -0.323 e. The molecular formula is C16H17Cl3N4OS. The van der Waals surface area contributed by atoms with Crippen molar-refractivity contribution in [3.8, 4) is 0 Å². The molecule has 9 heteroatoms. The highest BCUT2D eigenvalue weighted by molar-refractivity contribution is 7.99. The summed E-state index contributed by atoms with van der Waals surface area (Å²) < 4.78 is 0. The summed E-state index contributed by atoms with van der Waals surface area (Å²) in [6.45, 7) is 0. The molecule has 2 aromatic rings. The Morgan fingerprint density at radius 3 is 2.60 bits per heavy atom. The first-order chi connectivity index (χ1) is 12.0. The second kappa shape index (κ2) is 8.62. The molecule has 1 aromatic carbocycles. The maximum absolute atomic E-state index is 12.1. The number of amides is 1. The number of aromatic amines is 1. The lowest BCUT2D eigenvalue weighted by molar-refractivity contribution is -0.113. The fourth-order valence-corrected chi connectivity index (χ4v) is 4.42. The van der Waals surface area contributed by atoms with Crippen LogP contribution in [0.15, 0.2) is 17.3 Å².